The van der Waals surface area contributed by atoms with Gasteiger partial charge in [-0.2, -0.15) is 15.2 Å². The van der Waals surface area contributed by atoms with Crippen molar-refractivity contribution in [2.24, 2.45) is 0 Å². The number of amides is 2. The number of ether oxygens (including phenoxy) is 2. The van der Waals surface area contributed by atoms with Crippen LogP contribution in [0.15, 0.2) is 42.5 Å². The quantitative estimate of drug-likeness (QED) is 0.227. The van der Waals surface area contributed by atoms with Gasteiger partial charge in [0, 0.05) is 36.6 Å². The second-order valence-corrected chi connectivity index (χ2v) is 14.4. The molecule has 2 N–H and O–H groups in total. The number of likely N-dealkylation sites (N-methyl/N-ethyl adjacent to an activating group) is 1. The molecular formula is C37H41ClFN7O5. The molecule has 0 spiro atoms. The number of hydrogen-bond donors (Lipinski definition) is 2. The normalized spacial score (nSPS) is 18.2. The second-order valence-electron chi connectivity index (χ2n) is 14.0. The van der Waals surface area contributed by atoms with Gasteiger partial charge in [0.25, 0.3) is 0 Å². The molecular weight excluding hydrogens is 677 g/mol. The zero-order valence-corrected chi connectivity index (χ0v) is 29.8. The number of carbonyl (C=O) groups is 2. The van der Waals surface area contributed by atoms with Gasteiger partial charge in [-0.3, -0.25) is 4.79 Å². The van der Waals surface area contributed by atoms with Gasteiger partial charge in [0.2, 0.25) is 5.91 Å². The number of nitrogens with one attached hydrogen (secondary N) is 1. The van der Waals surface area contributed by atoms with Crippen LogP contribution in [0.25, 0.3) is 32.8 Å². The maximum absolute atomic E-state index is 16.9. The maximum atomic E-state index is 16.9. The number of carbonyl (C=O) groups excluding carboxylic acids is 2. The summed E-state index contributed by atoms with van der Waals surface area (Å²) in [5.74, 6) is -0.750. The first-order chi connectivity index (χ1) is 24.3. The van der Waals surface area contributed by atoms with Crippen LogP contribution in [0.4, 0.5) is 15.0 Å². The number of phenolic OH excluding ortho intramolecular Hbond substituents is 1. The van der Waals surface area contributed by atoms with Gasteiger partial charge in [-0.15, -0.1) is 0 Å². The number of aromatic nitrogens is 2. The van der Waals surface area contributed by atoms with E-state index in [4.69, 9.17) is 26.1 Å². The summed E-state index contributed by atoms with van der Waals surface area (Å²) in [6, 6.07) is 13.8. The Kier molecular flexibility index (Phi) is 10.4. The number of halogens is 2. The zero-order valence-electron chi connectivity index (χ0n) is 29.1. The molecule has 51 heavy (non-hydrogen) atoms. The monoisotopic (exact) mass is 717 g/mol. The van der Waals surface area contributed by atoms with E-state index in [9.17, 15) is 20.0 Å². The molecule has 14 heteroatoms. The summed E-state index contributed by atoms with van der Waals surface area (Å²) < 4.78 is 28.3. The lowest BCUT2D eigenvalue weighted by atomic mass is 9.96. The van der Waals surface area contributed by atoms with Crippen molar-refractivity contribution >= 4 is 51.1 Å². The van der Waals surface area contributed by atoms with Crippen LogP contribution in [0.3, 0.4) is 0 Å². The van der Waals surface area contributed by atoms with E-state index >= 15 is 4.39 Å². The number of hydrogen-bond acceptors (Lipinski definition) is 10. The predicted octanol–water partition coefficient (Wildman–Crippen LogP) is 5.88. The summed E-state index contributed by atoms with van der Waals surface area (Å²) in [4.78, 5) is 40.5. The number of fused-ring (bicyclic) bond motifs is 2. The lowest BCUT2D eigenvalue weighted by Gasteiger charge is -2.41. The first-order valence-electron chi connectivity index (χ1n) is 17.0. The summed E-state index contributed by atoms with van der Waals surface area (Å²) in [6.07, 6.45) is 1.29. The molecule has 12 nitrogen and oxygen atoms in total. The van der Waals surface area contributed by atoms with E-state index in [0.717, 1.165) is 19.4 Å². The number of anilines is 1. The number of aromatic hydroxyl groups is 1. The van der Waals surface area contributed by atoms with E-state index < -0.39 is 23.6 Å². The van der Waals surface area contributed by atoms with Crippen molar-refractivity contribution in [2.75, 3.05) is 51.3 Å². The number of likely N-dealkylation sites (tertiary alicyclic amines) is 1. The Bertz CT molecular complexity index is 2020. The van der Waals surface area contributed by atoms with E-state index in [-0.39, 0.29) is 72.4 Å². The minimum atomic E-state index is -0.724. The van der Waals surface area contributed by atoms with E-state index in [2.05, 4.69) is 21.3 Å². The number of benzene rings is 3. The molecule has 0 saturated carbocycles. The van der Waals surface area contributed by atoms with Crippen LogP contribution in [0.1, 0.15) is 40.0 Å². The third-order valence-electron chi connectivity index (χ3n) is 9.25. The highest BCUT2D eigenvalue weighted by Gasteiger charge is 2.33. The van der Waals surface area contributed by atoms with Crippen molar-refractivity contribution in [2.45, 2.75) is 57.7 Å². The van der Waals surface area contributed by atoms with Crippen molar-refractivity contribution in [3.8, 4) is 29.0 Å². The Morgan fingerprint density at radius 3 is 2.63 bits per heavy atom. The lowest BCUT2D eigenvalue weighted by molar-refractivity contribution is -0.132. The van der Waals surface area contributed by atoms with Crippen LogP contribution >= 0.6 is 11.6 Å². The number of phenols is 1. The third kappa shape index (κ3) is 7.87. The van der Waals surface area contributed by atoms with Gasteiger partial charge >= 0.3 is 12.1 Å². The summed E-state index contributed by atoms with van der Waals surface area (Å²) in [6.45, 7) is 6.83. The van der Waals surface area contributed by atoms with Crippen LogP contribution in [0.5, 0.6) is 11.8 Å². The summed E-state index contributed by atoms with van der Waals surface area (Å²) in [5, 5.41) is 24.6. The highest BCUT2D eigenvalue weighted by molar-refractivity contribution is 6.35. The molecule has 2 saturated heterocycles. The van der Waals surface area contributed by atoms with Crippen LogP contribution < -0.4 is 15.0 Å². The molecule has 2 fully saturated rings. The number of nitrogens with zero attached hydrogens (tertiary/aromatic N) is 6. The van der Waals surface area contributed by atoms with Crippen molar-refractivity contribution < 1.29 is 28.6 Å². The lowest BCUT2D eigenvalue weighted by Crippen LogP contribution is -2.57. The van der Waals surface area contributed by atoms with Gasteiger partial charge in [0.1, 0.15) is 35.8 Å². The Hall–Kier alpha value is -4.93. The summed E-state index contributed by atoms with van der Waals surface area (Å²) in [7, 11) is 2.03. The summed E-state index contributed by atoms with van der Waals surface area (Å²) >= 11 is 6.88. The molecule has 3 aromatic carbocycles. The standard InChI is InChI=1S/C37H41ClFN7O5/c1-37(2,3)51-36(49)41-19-30(48)46-15-14-45(20-23(46)11-12-40)34-28-18-29(38)31(27-17-25(47)16-22-8-5-6-10-26(22)27)32(39)33(28)42-35(43-34)50-21-24-9-7-13-44(24)4/h5-6,8,10,16-18,23-24,47H,7,9,11,13-15,19-21H2,1-4H3,(H,41,49)/t23-,24-/m0/s1. The number of nitriles is 1. The highest BCUT2D eigenvalue weighted by Crippen LogP contribution is 2.42. The molecule has 3 heterocycles. The van der Waals surface area contributed by atoms with Crippen molar-refractivity contribution in [1.82, 2.24) is 25.1 Å². The Balaban J connectivity index is 1.37. The van der Waals surface area contributed by atoms with E-state index in [0.29, 0.717) is 34.1 Å². The smallest absolute Gasteiger partial charge is 0.408 e. The van der Waals surface area contributed by atoms with Gasteiger partial charge in [-0.05, 0) is 81.7 Å². The first-order valence-corrected chi connectivity index (χ1v) is 17.3. The van der Waals surface area contributed by atoms with E-state index in [1.54, 1.807) is 37.8 Å². The van der Waals surface area contributed by atoms with Crippen molar-refractivity contribution in [3.63, 3.8) is 0 Å². The van der Waals surface area contributed by atoms with Gasteiger partial charge in [-0.1, -0.05) is 35.9 Å². The van der Waals surface area contributed by atoms with Gasteiger partial charge in [0.05, 0.1) is 23.6 Å². The zero-order chi connectivity index (χ0) is 36.4. The molecule has 2 aliphatic heterocycles. The molecule has 0 radical (unpaired) electrons. The average molecular weight is 718 g/mol. The maximum Gasteiger partial charge on any atom is 0.408 e. The fourth-order valence-corrected chi connectivity index (χ4v) is 7.09. The predicted molar refractivity (Wildman–Crippen MR) is 192 cm³/mol. The molecule has 6 rings (SSSR count). The molecule has 2 aliphatic rings. The van der Waals surface area contributed by atoms with Crippen molar-refractivity contribution in [1.29, 1.82) is 5.26 Å². The fourth-order valence-electron chi connectivity index (χ4n) is 6.79. The van der Waals surface area contributed by atoms with Gasteiger partial charge in [-0.25, -0.2) is 9.18 Å². The number of piperazine rings is 1. The van der Waals surface area contributed by atoms with Crippen LogP contribution in [0, 0.1) is 17.1 Å². The average Bonchev–Trinajstić information content (AvgIpc) is 3.49. The molecule has 4 aromatic rings. The van der Waals surface area contributed by atoms with Crippen LogP contribution in [0.2, 0.25) is 5.02 Å². The summed E-state index contributed by atoms with van der Waals surface area (Å²) in [5.41, 5.74) is -0.250. The topological polar surface area (TPSA) is 144 Å². The molecule has 2 amide bonds. The largest absolute Gasteiger partial charge is 0.508 e. The minimum absolute atomic E-state index is 0.0114. The fraction of sp³-hybridized carbons (Fsp3) is 0.432. The molecule has 268 valence electrons. The molecule has 0 aliphatic carbocycles. The van der Waals surface area contributed by atoms with Gasteiger partial charge in [0.15, 0.2) is 5.82 Å². The number of alkyl carbamates (subject to hydrolysis) is 1. The Labute approximate surface area is 300 Å². The Morgan fingerprint density at radius 1 is 1.12 bits per heavy atom. The Morgan fingerprint density at radius 2 is 1.90 bits per heavy atom. The third-order valence-corrected chi connectivity index (χ3v) is 9.54. The highest BCUT2D eigenvalue weighted by atomic mass is 35.5. The first kappa shape index (κ1) is 35.9. The number of rotatable bonds is 8. The van der Waals surface area contributed by atoms with Crippen molar-refractivity contribution in [3.05, 3.63) is 53.3 Å². The molecule has 2 atom stereocenters. The molecule has 0 bridgehead atoms. The van der Waals surface area contributed by atoms with Crippen LogP contribution in [-0.2, 0) is 9.53 Å². The van der Waals surface area contributed by atoms with E-state index in [1.807, 2.05) is 36.2 Å². The SMILES string of the molecule is CN1CCC[C@H]1COc1nc(N2CCN(C(=O)CNC(=O)OC(C)(C)C)[C@@H](CC#N)C2)c2cc(Cl)c(-c3cc(O)cc4ccccc34)c(F)c2n1. The van der Waals surface area contributed by atoms with Gasteiger partial charge < -0.3 is 34.6 Å². The van der Waals surface area contributed by atoms with E-state index in [1.165, 1.54) is 6.07 Å². The molecule has 0 unspecified atom stereocenters. The minimum Gasteiger partial charge on any atom is -0.508 e. The molecule has 1 aromatic heterocycles. The second kappa shape index (κ2) is 14.7. The van der Waals surface area contributed by atoms with Crippen LogP contribution in [-0.4, -0.2) is 101 Å².